The van der Waals surface area contributed by atoms with Crippen LogP contribution in [0.15, 0.2) is 36.8 Å². The molecule has 5 heterocycles. The number of anilines is 1. The summed E-state index contributed by atoms with van der Waals surface area (Å²) in [6.45, 7) is 2.05. The number of primary amides is 1. The molecule has 1 saturated carbocycles. The van der Waals surface area contributed by atoms with Gasteiger partial charge in [-0.3, -0.25) is 9.59 Å². The number of piperazine rings is 1. The number of nitrogens with zero attached hydrogens (tertiary/aromatic N) is 7. The summed E-state index contributed by atoms with van der Waals surface area (Å²) in [5, 5.41) is 4.46. The molecule has 0 spiro atoms. The molecule has 38 heavy (non-hydrogen) atoms. The summed E-state index contributed by atoms with van der Waals surface area (Å²) in [6, 6.07) is 5.74. The molecule has 2 saturated heterocycles. The molecule has 2 N–H and O–H groups in total. The normalized spacial score (nSPS) is 19.7. The van der Waals surface area contributed by atoms with Gasteiger partial charge in [0.25, 0.3) is 0 Å². The molecule has 0 bridgehead atoms. The van der Waals surface area contributed by atoms with Crippen molar-refractivity contribution in [1.82, 2.24) is 29.4 Å². The van der Waals surface area contributed by atoms with Crippen LogP contribution in [0.5, 0.6) is 5.88 Å². The van der Waals surface area contributed by atoms with Crippen LogP contribution in [0.3, 0.4) is 0 Å². The fraction of sp³-hybridized carbons (Fsp3) is 0.440. The first-order valence-electron chi connectivity index (χ1n) is 12.7. The highest BCUT2D eigenvalue weighted by atomic mass is 16.6. The highest BCUT2D eigenvalue weighted by molar-refractivity contribution is 5.86. The van der Waals surface area contributed by atoms with Gasteiger partial charge in [-0.25, -0.2) is 19.3 Å². The maximum atomic E-state index is 12.7. The molecule has 0 radical (unpaired) electrons. The topological polar surface area (TPSA) is 148 Å². The lowest BCUT2D eigenvalue weighted by Gasteiger charge is -2.35. The van der Waals surface area contributed by atoms with Crippen molar-refractivity contribution >= 4 is 29.4 Å². The van der Waals surface area contributed by atoms with Gasteiger partial charge in [0.1, 0.15) is 18.0 Å². The van der Waals surface area contributed by atoms with Crippen molar-refractivity contribution in [2.45, 2.75) is 31.5 Å². The van der Waals surface area contributed by atoms with E-state index in [0.29, 0.717) is 37.7 Å². The standard InChI is InChI=1S/C25H28N8O5/c26-20(34)15-32-14-17(12-22(32)35)38-25(36)31-10-8-30(9-11-31)21-5-7-33-23(29-21)19(13-28-33)18-2-1-6-27-24(18)37-16-3-4-16/h1-2,5-7,13,16-17H,3-4,8-12,14-15H2,(H2,26,34)/t17-/m0/s1. The van der Waals surface area contributed by atoms with Crippen molar-refractivity contribution in [3.8, 4) is 17.0 Å². The monoisotopic (exact) mass is 520 g/mol. The van der Waals surface area contributed by atoms with Gasteiger partial charge in [-0.1, -0.05) is 0 Å². The highest BCUT2D eigenvalue weighted by Crippen LogP contribution is 2.35. The lowest BCUT2D eigenvalue weighted by molar-refractivity contribution is -0.132. The zero-order valence-electron chi connectivity index (χ0n) is 20.7. The number of pyridine rings is 1. The van der Waals surface area contributed by atoms with Crippen LogP contribution in [0, 0.1) is 0 Å². The number of aromatic nitrogens is 4. The summed E-state index contributed by atoms with van der Waals surface area (Å²) in [4.78, 5) is 50.2. The van der Waals surface area contributed by atoms with E-state index in [4.69, 9.17) is 20.2 Å². The largest absolute Gasteiger partial charge is 0.474 e. The summed E-state index contributed by atoms with van der Waals surface area (Å²) in [6.07, 6.45) is 6.67. The number of hydrogen-bond donors (Lipinski definition) is 1. The number of nitrogens with two attached hydrogens (primary N) is 1. The summed E-state index contributed by atoms with van der Waals surface area (Å²) in [5.74, 6) is 0.531. The maximum Gasteiger partial charge on any atom is 0.410 e. The first-order valence-corrected chi connectivity index (χ1v) is 12.7. The van der Waals surface area contributed by atoms with E-state index in [1.54, 1.807) is 21.8 Å². The van der Waals surface area contributed by atoms with E-state index in [1.807, 2.05) is 24.4 Å². The van der Waals surface area contributed by atoms with Crippen molar-refractivity contribution < 1.29 is 23.9 Å². The van der Waals surface area contributed by atoms with Crippen molar-refractivity contribution in [3.63, 3.8) is 0 Å². The molecule has 3 amide bonds. The van der Waals surface area contributed by atoms with E-state index >= 15 is 0 Å². The van der Waals surface area contributed by atoms with Crippen LogP contribution in [0.2, 0.25) is 0 Å². The van der Waals surface area contributed by atoms with Gasteiger partial charge in [-0.05, 0) is 31.0 Å². The minimum Gasteiger partial charge on any atom is -0.474 e. The molecule has 2 aliphatic heterocycles. The van der Waals surface area contributed by atoms with Crippen LogP contribution in [0.25, 0.3) is 16.8 Å². The lowest BCUT2D eigenvalue weighted by Crippen LogP contribution is -2.50. The van der Waals surface area contributed by atoms with Gasteiger partial charge in [0.15, 0.2) is 5.65 Å². The average molecular weight is 521 g/mol. The number of fused-ring (bicyclic) bond motifs is 1. The van der Waals surface area contributed by atoms with Crippen molar-refractivity contribution in [1.29, 1.82) is 0 Å². The number of amides is 3. The predicted octanol–water partition coefficient (Wildman–Crippen LogP) is 0.677. The van der Waals surface area contributed by atoms with E-state index in [0.717, 1.165) is 29.8 Å². The van der Waals surface area contributed by atoms with E-state index < -0.39 is 18.1 Å². The van der Waals surface area contributed by atoms with Crippen LogP contribution in [0.1, 0.15) is 19.3 Å². The fourth-order valence-electron chi connectivity index (χ4n) is 4.75. The SMILES string of the molecule is NC(=O)CN1C[C@@H](OC(=O)N2CCN(c3ccn4ncc(-c5cccnc5OC5CC5)c4n3)CC2)CC1=O. The second-order valence-corrected chi connectivity index (χ2v) is 9.71. The molecule has 0 aromatic carbocycles. The van der Waals surface area contributed by atoms with Gasteiger partial charge in [-0.2, -0.15) is 5.10 Å². The zero-order valence-corrected chi connectivity index (χ0v) is 20.7. The minimum atomic E-state index is -0.594. The van der Waals surface area contributed by atoms with E-state index in [2.05, 4.69) is 15.0 Å². The molecule has 3 fully saturated rings. The number of likely N-dealkylation sites (tertiary alicyclic amines) is 1. The Kier molecular flexibility index (Phi) is 6.18. The van der Waals surface area contributed by atoms with Crippen molar-refractivity contribution in [3.05, 3.63) is 36.8 Å². The molecule has 13 nitrogen and oxygen atoms in total. The number of carbonyl (C=O) groups is 3. The molecule has 0 unspecified atom stereocenters. The predicted molar refractivity (Wildman–Crippen MR) is 134 cm³/mol. The third-order valence-electron chi connectivity index (χ3n) is 6.87. The molecule has 3 aromatic heterocycles. The van der Waals surface area contributed by atoms with Crippen LogP contribution in [-0.2, 0) is 14.3 Å². The molecule has 198 valence electrons. The van der Waals surface area contributed by atoms with Gasteiger partial charge in [0, 0.05) is 44.1 Å². The first-order chi connectivity index (χ1) is 18.4. The van der Waals surface area contributed by atoms with E-state index in [-0.39, 0.29) is 31.5 Å². The van der Waals surface area contributed by atoms with Gasteiger partial charge in [-0.15, -0.1) is 0 Å². The number of carbonyl (C=O) groups excluding carboxylic acids is 3. The molecular formula is C25H28N8O5. The minimum absolute atomic E-state index is 0.0565. The molecule has 1 aliphatic carbocycles. The van der Waals surface area contributed by atoms with E-state index in [9.17, 15) is 14.4 Å². The molecular weight excluding hydrogens is 492 g/mol. The van der Waals surface area contributed by atoms with Crippen LogP contribution >= 0.6 is 0 Å². The van der Waals surface area contributed by atoms with Gasteiger partial charge < -0.3 is 29.9 Å². The second kappa shape index (κ2) is 9.80. The van der Waals surface area contributed by atoms with E-state index in [1.165, 1.54) is 4.90 Å². The summed E-state index contributed by atoms with van der Waals surface area (Å²) in [7, 11) is 0. The molecule has 6 rings (SSSR count). The summed E-state index contributed by atoms with van der Waals surface area (Å²) >= 11 is 0. The zero-order chi connectivity index (χ0) is 26.2. The Labute approximate surface area is 218 Å². The third kappa shape index (κ3) is 4.91. The Morgan fingerprint density at radius 3 is 2.66 bits per heavy atom. The van der Waals surface area contributed by atoms with Gasteiger partial charge in [0.05, 0.1) is 31.3 Å². The molecule has 3 aliphatic rings. The second-order valence-electron chi connectivity index (χ2n) is 9.71. The molecule has 3 aromatic rings. The molecule has 1 atom stereocenters. The first kappa shape index (κ1) is 23.9. The number of rotatable bonds is 7. The van der Waals surface area contributed by atoms with Crippen LogP contribution in [0.4, 0.5) is 10.6 Å². The summed E-state index contributed by atoms with van der Waals surface area (Å²) in [5.41, 5.74) is 7.57. The van der Waals surface area contributed by atoms with Crippen molar-refractivity contribution in [2.24, 2.45) is 5.73 Å². The average Bonchev–Trinajstić information content (AvgIpc) is 3.53. The number of ether oxygens (including phenoxy) is 2. The van der Waals surface area contributed by atoms with Gasteiger partial charge in [0.2, 0.25) is 17.7 Å². The highest BCUT2D eigenvalue weighted by Gasteiger charge is 2.34. The quantitative estimate of drug-likeness (QED) is 0.475. The maximum absolute atomic E-state index is 12.7. The smallest absolute Gasteiger partial charge is 0.410 e. The van der Waals surface area contributed by atoms with Crippen LogP contribution in [-0.4, -0.2) is 98.8 Å². The Morgan fingerprint density at radius 2 is 1.89 bits per heavy atom. The molecule has 13 heteroatoms. The number of hydrogen-bond acceptors (Lipinski definition) is 9. The van der Waals surface area contributed by atoms with Gasteiger partial charge >= 0.3 is 6.09 Å². The summed E-state index contributed by atoms with van der Waals surface area (Å²) < 4.78 is 13.3. The Bertz CT molecular complexity index is 1380. The fourth-order valence-corrected chi connectivity index (χ4v) is 4.75. The Balaban J connectivity index is 1.11. The van der Waals surface area contributed by atoms with Crippen molar-refractivity contribution in [2.75, 3.05) is 44.2 Å². The Morgan fingerprint density at radius 1 is 1.08 bits per heavy atom. The Hall–Kier alpha value is -4.42. The lowest BCUT2D eigenvalue weighted by atomic mass is 10.1. The third-order valence-corrected chi connectivity index (χ3v) is 6.87. The van der Waals surface area contributed by atoms with Crippen LogP contribution < -0.4 is 15.4 Å².